The first-order valence-corrected chi connectivity index (χ1v) is 7.27. The Balaban J connectivity index is 1.98. The van der Waals surface area contributed by atoms with Gasteiger partial charge in [-0.05, 0) is 50.4 Å². The van der Waals surface area contributed by atoms with Gasteiger partial charge in [-0.15, -0.1) is 0 Å². The molecular weight excluding hydrogens is 250 g/mol. The predicted octanol–water partition coefficient (Wildman–Crippen LogP) is 2.30. The normalized spacial score (nSPS) is 18.9. The number of nitrogens with zero attached hydrogens (tertiary/aromatic N) is 2. The van der Waals surface area contributed by atoms with Gasteiger partial charge in [0, 0.05) is 25.0 Å². The SMILES string of the molecule is CC(C)n1ccn(-c2cccc(C3CCNC3)c2)c1=O. The van der Waals surface area contributed by atoms with E-state index in [1.807, 2.05) is 38.4 Å². The first kappa shape index (κ1) is 13.2. The van der Waals surface area contributed by atoms with Crippen LogP contribution in [-0.4, -0.2) is 22.2 Å². The van der Waals surface area contributed by atoms with Crippen LogP contribution in [-0.2, 0) is 0 Å². The maximum absolute atomic E-state index is 12.4. The second-order valence-corrected chi connectivity index (χ2v) is 5.74. The molecule has 1 aromatic heterocycles. The van der Waals surface area contributed by atoms with Gasteiger partial charge in [0.05, 0.1) is 5.69 Å². The Bertz CT molecular complexity index is 648. The fraction of sp³-hybridized carbons (Fsp3) is 0.438. The summed E-state index contributed by atoms with van der Waals surface area (Å²) in [5, 5.41) is 3.39. The zero-order valence-electron chi connectivity index (χ0n) is 12.0. The number of rotatable bonds is 3. The summed E-state index contributed by atoms with van der Waals surface area (Å²) in [6.45, 7) is 6.16. The van der Waals surface area contributed by atoms with Crippen molar-refractivity contribution in [1.82, 2.24) is 14.5 Å². The molecule has 1 fully saturated rings. The van der Waals surface area contributed by atoms with Gasteiger partial charge in [-0.25, -0.2) is 4.79 Å². The highest BCUT2D eigenvalue weighted by Gasteiger charge is 2.17. The second-order valence-electron chi connectivity index (χ2n) is 5.74. The highest BCUT2D eigenvalue weighted by atomic mass is 16.1. The largest absolute Gasteiger partial charge is 0.332 e. The topological polar surface area (TPSA) is 39.0 Å². The van der Waals surface area contributed by atoms with Gasteiger partial charge in [-0.2, -0.15) is 0 Å². The molecule has 0 amide bonds. The van der Waals surface area contributed by atoms with Crippen LogP contribution in [0, 0.1) is 0 Å². The van der Waals surface area contributed by atoms with Crippen LogP contribution in [0.5, 0.6) is 0 Å². The lowest BCUT2D eigenvalue weighted by atomic mass is 9.98. The first-order chi connectivity index (χ1) is 9.66. The quantitative estimate of drug-likeness (QED) is 0.930. The third-order valence-corrected chi connectivity index (χ3v) is 4.04. The second kappa shape index (κ2) is 5.29. The Hall–Kier alpha value is -1.81. The van der Waals surface area contributed by atoms with Crippen molar-refractivity contribution in [2.24, 2.45) is 0 Å². The monoisotopic (exact) mass is 271 g/mol. The molecule has 2 heterocycles. The summed E-state index contributed by atoms with van der Waals surface area (Å²) in [6, 6.07) is 8.53. The van der Waals surface area contributed by atoms with Crippen LogP contribution in [0.2, 0.25) is 0 Å². The molecule has 0 radical (unpaired) electrons. The lowest BCUT2D eigenvalue weighted by Gasteiger charge is -2.11. The van der Waals surface area contributed by atoms with Gasteiger partial charge in [-0.3, -0.25) is 9.13 Å². The van der Waals surface area contributed by atoms with Crippen LogP contribution in [0.25, 0.3) is 5.69 Å². The summed E-state index contributed by atoms with van der Waals surface area (Å²) in [7, 11) is 0. The number of benzene rings is 1. The minimum atomic E-state index is 0.0293. The zero-order chi connectivity index (χ0) is 14.1. The summed E-state index contributed by atoms with van der Waals surface area (Å²) >= 11 is 0. The minimum Gasteiger partial charge on any atom is -0.316 e. The van der Waals surface area contributed by atoms with Crippen LogP contribution in [0.3, 0.4) is 0 Å². The molecule has 1 aliphatic rings. The summed E-state index contributed by atoms with van der Waals surface area (Å²) < 4.78 is 3.48. The minimum absolute atomic E-state index is 0.0293. The van der Waals surface area contributed by atoms with E-state index in [4.69, 9.17) is 0 Å². The van der Waals surface area contributed by atoms with Gasteiger partial charge < -0.3 is 5.32 Å². The molecule has 1 aliphatic heterocycles. The molecule has 4 nitrogen and oxygen atoms in total. The van der Waals surface area contributed by atoms with Gasteiger partial charge >= 0.3 is 5.69 Å². The lowest BCUT2D eigenvalue weighted by Crippen LogP contribution is -2.24. The molecule has 106 valence electrons. The molecular formula is C16H21N3O. The van der Waals surface area contributed by atoms with Crippen molar-refractivity contribution in [3.8, 4) is 5.69 Å². The average molecular weight is 271 g/mol. The van der Waals surface area contributed by atoms with Gasteiger partial charge in [0.15, 0.2) is 0 Å². The number of hydrogen-bond acceptors (Lipinski definition) is 2. The van der Waals surface area contributed by atoms with Gasteiger partial charge in [0.1, 0.15) is 0 Å². The van der Waals surface area contributed by atoms with Crippen LogP contribution >= 0.6 is 0 Å². The summed E-state index contributed by atoms with van der Waals surface area (Å²) in [6.07, 6.45) is 4.89. The molecule has 1 N–H and O–H groups in total. The average Bonchev–Trinajstić information content (AvgIpc) is 3.08. The van der Waals surface area contributed by atoms with Gasteiger partial charge in [0.2, 0.25) is 0 Å². The third kappa shape index (κ3) is 2.31. The van der Waals surface area contributed by atoms with Crippen molar-refractivity contribution in [3.63, 3.8) is 0 Å². The predicted molar refractivity (Wildman–Crippen MR) is 80.6 cm³/mol. The molecule has 3 rings (SSSR count). The van der Waals surface area contributed by atoms with E-state index in [0.717, 1.165) is 18.8 Å². The molecule has 4 heteroatoms. The van der Waals surface area contributed by atoms with Gasteiger partial charge in [0.25, 0.3) is 0 Å². The molecule has 1 atom stereocenters. The number of hydrogen-bond donors (Lipinski definition) is 1. The summed E-state index contributed by atoms with van der Waals surface area (Å²) in [5.74, 6) is 0.567. The van der Waals surface area contributed by atoms with Crippen molar-refractivity contribution in [3.05, 3.63) is 52.7 Å². The maximum atomic E-state index is 12.4. The highest BCUT2D eigenvalue weighted by molar-refractivity contribution is 5.38. The van der Waals surface area contributed by atoms with E-state index in [1.54, 1.807) is 9.13 Å². The molecule has 20 heavy (non-hydrogen) atoms. The third-order valence-electron chi connectivity index (χ3n) is 4.04. The Kier molecular flexibility index (Phi) is 3.49. The smallest absolute Gasteiger partial charge is 0.316 e. The highest BCUT2D eigenvalue weighted by Crippen LogP contribution is 2.23. The fourth-order valence-electron chi connectivity index (χ4n) is 2.85. The number of imidazole rings is 1. The maximum Gasteiger partial charge on any atom is 0.332 e. The Labute approximate surface area is 119 Å². The van der Waals surface area contributed by atoms with Crippen molar-refractivity contribution >= 4 is 0 Å². The summed E-state index contributed by atoms with van der Waals surface area (Å²) in [5.41, 5.74) is 2.30. The molecule has 1 unspecified atom stereocenters. The first-order valence-electron chi connectivity index (χ1n) is 7.27. The van der Waals surface area contributed by atoms with E-state index < -0.39 is 0 Å². The standard InChI is InChI=1S/C16H21N3O/c1-12(2)18-8-9-19(16(18)20)15-5-3-4-13(10-15)14-6-7-17-11-14/h3-5,8-10,12,14,17H,6-7,11H2,1-2H3. The Morgan fingerprint density at radius 3 is 2.80 bits per heavy atom. The Morgan fingerprint density at radius 1 is 1.30 bits per heavy atom. The Morgan fingerprint density at radius 2 is 2.15 bits per heavy atom. The van der Waals surface area contributed by atoms with Crippen LogP contribution < -0.4 is 11.0 Å². The molecule has 0 spiro atoms. The fourth-order valence-corrected chi connectivity index (χ4v) is 2.85. The van der Waals surface area contributed by atoms with Crippen LogP contribution in [0.1, 0.15) is 37.8 Å². The van der Waals surface area contributed by atoms with Gasteiger partial charge in [-0.1, -0.05) is 12.1 Å². The van der Waals surface area contributed by atoms with E-state index >= 15 is 0 Å². The molecule has 0 saturated carbocycles. The van der Waals surface area contributed by atoms with E-state index in [2.05, 4.69) is 17.4 Å². The van der Waals surface area contributed by atoms with Crippen LogP contribution in [0.15, 0.2) is 41.5 Å². The van der Waals surface area contributed by atoms with E-state index in [0.29, 0.717) is 5.92 Å². The molecule has 0 aliphatic carbocycles. The molecule has 0 bridgehead atoms. The molecule has 2 aromatic rings. The molecule has 1 aromatic carbocycles. The van der Waals surface area contributed by atoms with E-state index in [1.165, 1.54) is 12.0 Å². The van der Waals surface area contributed by atoms with E-state index in [-0.39, 0.29) is 11.7 Å². The van der Waals surface area contributed by atoms with Crippen molar-refractivity contribution in [2.45, 2.75) is 32.2 Å². The summed E-state index contributed by atoms with van der Waals surface area (Å²) in [4.78, 5) is 12.4. The number of aromatic nitrogens is 2. The van der Waals surface area contributed by atoms with E-state index in [9.17, 15) is 4.79 Å². The zero-order valence-corrected chi connectivity index (χ0v) is 12.0. The molecule has 1 saturated heterocycles. The van der Waals surface area contributed by atoms with Crippen molar-refractivity contribution < 1.29 is 0 Å². The van der Waals surface area contributed by atoms with Crippen molar-refractivity contribution in [1.29, 1.82) is 0 Å². The van der Waals surface area contributed by atoms with Crippen molar-refractivity contribution in [2.75, 3.05) is 13.1 Å². The number of nitrogens with one attached hydrogen (secondary N) is 1. The van der Waals surface area contributed by atoms with Crippen LogP contribution in [0.4, 0.5) is 0 Å². The lowest BCUT2D eigenvalue weighted by molar-refractivity contribution is 0.574.